The zero-order chi connectivity index (χ0) is 12.7. The predicted octanol–water partition coefficient (Wildman–Crippen LogP) is 1.01. The van der Waals surface area contributed by atoms with Crippen LogP contribution in [0.3, 0.4) is 0 Å². The van der Waals surface area contributed by atoms with Gasteiger partial charge in [0.2, 0.25) is 5.91 Å². The van der Waals surface area contributed by atoms with Gasteiger partial charge in [-0.2, -0.15) is 0 Å². The molecule has 0 radical (unpaired) electrons. The fourth-order valence-electron chi connectivity index (χ4n) is 1.58. The van der Waals surface area contributed by atoms with E-state index in [1.54, 1.807) is 19.0 Å². The number of hydrogen-bond donors (Lipinski definition) is 1. The van der Waals surface area contributed by atoms with Crippen LogP contribution in [0.15, 0.2) is 30.3 Å². The molecular formula is C13H20N2O2. The Morgan fingerprint density at radius 2 is 2.00 bits per heavy atom. The van der Waals surface area contributed by atoms with E-state index in [1.165, 1.54) is 0 Å². The molecule has 0 unspecified atom stereocenters. The molecular weight excluding hydrogens is 216 g/mol. The van der Waals surface area contributed by atoms with E-state index in [0.717, 1.165) is 5.56 Å². The largest absolute Gasteiger partial charge is 0.362 e. The molecule has 4 heteroatoms. The summed E-state index contributed by atoms with van der Waals surface area (Å²) in [5, 5.41) is 0. The number of nitrogens with two attached hydrogens (primary N) is 1. The minimum Gasteiger partial charge on any atom is -0.362 e. The van der Waals surface area contributed by atoms with Gasteiger partial charge < -0.3 is 15.4 Å². The number of carbonyl (C=O) groups excluding carboxylic acids is 1. The lowest BCUT2D eigenvalue weighted by molar-refractivity contribution is -0.131. The average Bonchev–Trinajstić information content (AvgIpc) is 2.30. The molecule has 94 valence electrons. The Bertz CT molecular complexity index is 339. The monoisotopic (exact) mass is 236 g/mol. The highest BCUT2D eigenvalue weighted by Gasteiger charge is 2.15. The van der Waals surface area contributed by atoms with Crippen LogP contribution in [0.2, 0.25) is 0 Å². The van der Waals surface area contributed by atoms with E-state index in [-0.39, 0.29) is 18.7 Å². The van der Waals surface area contributed by atoms with Crippen LogP contribution < -0.4 is 5.73 Å². The Morgan fingerprint density at radius 1 is 1.35 bits per heavy atom. The molecule has 0 bridgehead atoms. The molecule has 0 saturated carbocycles. The average molecular weight is 236 g/mol. The van der Waals surface area contributed by atoms with E-state index in [0.29, 0.717) is 12.8 Å². The minimum atomic E-state index is -0.155. The third-order valence-electron chi connectivity index (χ3n) is 2.54. The Balaban J connectivity index is 2.57. The Kier molecular flexibility index (Phi) is 5.66. The Hall–Kier alpha value is -1.39. The van der Waals surface area contributed by atoms with E-state index < -0.39 is 0 Å². The van der Waals surface area contributed by atoms with Crippen molar-refractivity contribution in [2.75, 3.05) is 20.8 Å². The SMILES string of the molecule is CN(C)C(=O)C[C@H](Cc1ccccc1)OCN. The smallest absolute Gasteiger partial charge is 0.224 e. The first kappa shape index (κ1) is 13.7. The maximum absolute atomic E-state index is 11.6. The zero-order valence-electron chi connectivity index (χ0n) is 10.4. The minimum absolute atomic E-state index is 0.0550. The van der Waals surface area contributed by atoms with Gasteiger partial charge in [-0.3, -0.25) is 4.79 Å². The first-order valence-corrected chi connectivity index (χ1v) is 5.69. The molecule has 1 amide bonds. The van der Waals surface area contributed by atoms with Gasteiger partial charge in [-0.15, -0.1) is 0 Å². The first-order valence-electron chi connectivity index (χ1n) is 5.69. The number of hydrogen-bond acceptors (Lipinski definition) is 3. The van der Waals surface area contributed by atoms with Crippen LogP contribution in [-0.4, -0.2) is 37.7 Å². The van der Waals surface area contributed by atoms with E-state index in [2.05, 4.69) is 0 Å². The fourth-order valence-corrected chi connectivity index (χ4v) is 1.58. The normalized spacial score (nSPS) is 12.2. The van der Waals surface area contributed by atoms with Gasteiger partial charge in [0.1, 0.15) is 0 Å². The second kappa shape index (κ2) is 7.04. The van der Waals surface area contributed by atoms with Crippen LogP contribution >= 0.6 is 0 Å². The maximum Gasteiger partial charge on any atom is 0.224 e. The summed E-state index contributed by atoms with van der Waals surface area (Å²) >= 11 is 0. The fraction of sp³-hybridized carbons (Fsp3) is 0.462. The summed E-state index contributed by atoms with van der Waals surface area (Å²) in [4.78, 5) is 13.2. The van der Waals surface area contributed by atoms with Gasteiger partial charge in [0.25, 0.3) is 0 Å². The molecule has 1 rings (SSSR count). The predicted molar refractivity (Wildman–Crippen MR) is 67.4 cm³/mol. The summed E-state index contributed by atoms with van der Waals surface area (Å²) in [6.45, 7) is 0.137. The van der Waals surface area contributed by atoms with Crippen molar-refractivity contribution in [2.24, 2.45) is 5.73 Å². The third kappa shape index (κ3) is 4.97. The van der Waals surface area contributed by atoms with Gasteiger partial charge >= 0.3 is 0 Å². The molecule has 0 aromatic heterocycles. The van der Waals surface area contributed by atoms with Crippen LogP contribution in [0.1, 0.15) is 12.0 Å². The van der Waals surface area contributed by atoms with Crippen LogP contribution in [0.25, 0.3) is 0 Å². The van der Waals surface area contributed by atoms with Gasteiger partial charge in [-0.25, -0.2) is 0 Å². The number of benzene rings is 1. The Labute approximate surface area is 102 Å². The second-order valence-corrected chi connectivity index (χ2v) is 4.14. The summed E-state index contributed by atoms with van der Waals surface area (Å²) in [6.07, 6.45) is 0.911. The summed E-state index contributed by atoms with van der Waals surface area (Å²) in [6, 6.07) is 9.96. The molecule has 0 aliphatic rings. The number of nitrogens with zero attached hydrogens (tertiary/aromatic N) is 1. The van der Waals surface area contributed by atoms with Crippen molar-refractivity contribution in [3.63, 3.8) is 0 Å². The summed E-state index contributed by atoms with van der Waals surface area (Å²) < 4.78 is 5.40. The first-order chi connectivity index (χ1) is 8.13. The molecule has 0 aliphatic carbocycles. The highest BCUT2D eigenvalue weighted by Crippen LogP contribution is 2.09. The highest BCUT2D eigenvalue weighted by atomic mass is 16.5. The van der Waals surface area contributed by atoms with Gasteiger partial charge in [0.15, 0.2) is 0 Å². The van der Waals surface area contributed by atoms with E-state index in [9.17, 15) is 4.79 Å². The molecule has 0 saturated heterocycles. The zero-order valence-corrected chi connectivity index (χ0v) is 10.4. The van der Waals surface area contributed by atoms with Gasteiger partial charge in [-0.1, -0.05) is 30.3 Å². The molecule has 1 atom stereocenters. The standard InChI is InChI=1S/C13H20N2O2/c1-15(2)13(16)9-12(17-10-14)8-11-6-4-3-5-7-11/h3-7,12H,8-10,14H2,1-2H3/t12-/m0/s1. The van der Waals surface area contributed by atoms with Crippen molar-refractivity contribution in [2.45, 2.75) is 18.9 Å². The molecule has 2 N–H and O–H groups in total. The van der Waals surface area contributed by atoms with Crippen molar-refractivity contribution in [1.29, 1.82) is 0 Å². The molecule has 0 aliphatic heterocycles. The topological polar surface area (TPSA) is 55.6 Å². The third-order valence-corrected chi connectivity index (χ3v) is 2.54. The molecule has 0 spiro atoms. The van der Waals surface area contributed by atoms with E-state index >= 15 is 0 Å². The molecule has 0 fully saturated rings. The van der Waals surface area contributed by atoms with Gasteiger partial charge in [0.05, 0.1) is 19.3 Å². The van der Waals surface area contributed by atoms with Crippen molar-refractivity contribution in [3.05, 3.63) is 35.9 Å². The molecule has 0 heterocycles. The molecule has 1 aromatic rings. The lowest BCUT2D eigenvalue weighted by Gasteiger charge is -2.18. The molecule has 17 heavy (non-hydrogen) atoms. The summed E-state index contributed by atoms with van der Waals surface area (Å²) in [7, 11) is 3.48. The second-order valence-electron chi connectivity index (χ2n) is 4.14. The van der Waals surface area contributed by atoms with Gasteiger partial charge in [0, 0.05) is 14.1 Å². The van der Waals surface area contributed by atoms with E-state index in [4.69, 9.17) is 10.5 Å². The highest BCUT2D eigenvalue weighted by molar-refractivity contribution is 5.76. The van der Waals surface area contributed by atoms with Gasteiger partial charge in [-0.05, 0) is 12.0 Å². The molecule has 1 aromatic carbocycles. The lowest BCUT2D eigenvalue weighted by atomic mass is 10.1. The number of rotatable bonds is 6. The Morgan fingerprint density at radius 3 is 2.53 bits per heavy atom. The number of carbonyl (C=O) groups is 1. The van der Waals surface area contributed by atoms with Crippen molar-refractivity contribution < 1.29 is 9.53 Å². The van der Waals surface area contributed by atoms with Crippen LogP contribution in [0.5, 0.6) is 0 Å². The number of ether oxygens (including phenoxy) is 1. The maximum atomic E-state index is 11.6. The van der Waals surface area contributed by atoms with Crippen molar-refractivity contribution in [1.82, 2.24) is 4.90 Å². The van der Waals surface area contributed by atoms with Crippen LogP contribution in [-0.2, 0) is 16.0 Å². The summed E-state index contributed by atoms with van der Waals surface area (Å²) in [5.74, 6) is 0.0550. The quantitative estimate of drug-likeness (QED) is 0.750. The van der Waals surface area contributed by atoms with Crippen molar-refractivity contribution >= 4 is 5.91 Å². The van der Waals surface area contributed by atoms with Crippen LogP contribution in [0.4, 0.5) is 0 Å². The lowest BCUT2D eigenvalue weighted by Crippen LogP contribution is -2.30. The number of amides is 1. The van der Waals surface area contributed by atoms with Crippen molar-refractivity contribution in [3.8, 4) is 0 Å². The summed E-state index contributed by atoms with van der Waals surface area (Å²) in [5.41, 5.74) is 6.54. The van der Waals surface area contributed by atoms with Crippen LogP contribution in [0, 0.1) is 0 Å². The molecule has 4 nitrogen and oxygen atoms in total. The van der Waals surface area contributed by atoms with E-state index in [1.807, 2.05) is 30.3 Å².